The van der Waals surface area contributed by atoms with E-state index in [4.69, 9.17) is 9.47 Å². The summed E-state index contributed by atoms with van der Waals surface area (Å²) in [5.74, 6) is -1.63. The average molecular weight is 707 g/mol. The van der Waals surface area contributed by atoms with Gasteiger partial charge in [0.25, 0.3) is 0 Å². The Labute approximate surface area is 310 Å². The Morgan fingerprint density at radius 3 is 1.02 bits per heavy atom. The van der Waals surface area contributed by atoms with Gasteiger partial charge in [0.15, 0.2) is 0 Å². The summed E-state index contributed by atoms with van der Waals surface area (Å²) in [6, 6.07) is 45.3. The van der Waals surface area contributed by atoms with Gasteiger partial charge in [-0.1, -0.05) is 121 Å². The van der Waals surface area contributed by atoms with Crippen molar-refractivity contribution in [1.29, 1.82) is 0 Å². The van der Waals surface area contributed by atoms with Gasteiger partial charge in [-0.15, -0.1) is 0 Å². The molecule has 0 aromatic heterocycles. The summed E-state index contributed by atoms with van der Waals surface area (Å²) in [7, 11) is 0. The van der Waals surface area contributed by atoms with Crippen LogP contribution in [-0.2, 0) is 9.47 Å². The molecule has 0 atom stereocenters. The molecule has 0 radical (unpaired) electrons. The molecule has 4 aliphatic rings. The lowest BCUT2D eigenvalue weighted by molar-refractivity contribution is 0.0999. The first-order chi connectivity index (χ1) is 26.5. The second-order valence-electron chi connectivity index (χ2n) is 13.7. The van der Waals surface area contributed by atoms with E-state index in [-0.39, 0.29) is 58.9 Å². The minimum Gasteiger partial charge on any atom is -0.448 e. The number of fused-ring (bicyclic) bond motifs is 8. The number of para-hydroxylation sites is 2. The van der Waals surface area contributed by atoms with Crippen molar-refractivity contribution in [2.24, 2.45) is 0 Å². The standard InChI is InChI=1S/C46H30N2O6/c49-43-35-21-9-11-23-39(35)47(45(51)53-25-37-31-17-5-1-13-27(31)28-14-2-6-18-32(28)37)41(43)42-44(50)36-22-10-12-24-40(36)48(42)46(52)54-26-38-33-19-7-3-15-29(33)30-16-4-8-20-34(30)38/h1-24,37-38H,25-26H2/b42-41+. The topological polar surface area (TPSA) is 93.2 Å². The number of carbonyl (C=O) groups is 4. The Morgan fingerprint density at radius 2 is 0.685 bits per heavy atom. The summed E-state index contributed by atoms with van der Waals surface area (Å²) < 4.78 is 12.1. The lowest BCUT2D eigenvalue weighted by Gasteiger charge is -2.25. The van der Waals surface area contributed by atoms with E-state index in [1.165, 1.54) is 0 Å². The van der Waals surface area contributed by atoms with Crippen molar-refractivity contribution in [3.05, 3.63) is 190 Å². The third kappa shape index (κ3) is 4.63. The summed E-state index contributed by atoms with van der Waals surface area (Å²) in [5, 5.41) is 0. The highest BCUT2D eigenvalue weighted by molar-refractivity contribution is 6.33. The number of anilines is 2. The molecule has 54 heavy (non-hydrogen) atoms. The molecule has 6 aromatic rings. The predicted octanol–water partition coefficient (Wildman–Crippen LogP) is 9.50. The molecule has 260 valence electrons. The van der Waals surface area contributed by atoms with Crippen molar-refractivity contribution in [3.63, 3.8) is 0 Å². The first-order valence-electron chi connectivity index (χ1n) is 17.8. The Balaban J connectivity index is 1.02. The number of hydrogen-bond acceptors (Lipinski definition) is 6. The van der Waals surface area contributed by atoms with Crippen LogP contribution in [0.25, 0.3) is 22.3 Å². The van der Waals surface area contributed by atoms with E-state index in [1.54, 1.807) is 48.5 Å². The maximum absolute atomic E-state index is 14.4. The number of ether oxygens (including phenoxy) is 2. The molecule has 2 heterocycles. The molecule has 0 N–H and O–H groups in total. The second kappa shape index (κ2) is 12.3. The van der Waals surface area contributed by atoms with E-state index < -0.39 is 23.8 Å². The molecule has 0 unspecified atom stereocenters. The molecule has 0 fully saturated rings. The quantitative estimate of drug-likeness (QED) is 0.170. The molecular formula is C46H30N2O6. The third-order valence-corrected chi connectivity index (χ3v) is 10.9. The van der Waals surface area contributed by atoms with Crippen molar-refractivity contribution in [2.75, 3.05) is 23.0 Å². The number of carbonyl (C=O) groups excluding carboxylic acids is 4. The highest BCUT2D eigenvalue weighted by atomic mass is 16.6. The molecule has 0 bridgehead atoms. The minimum atomic E-state index is -0.839. The van der Waals surface area contributed by atoms with E-state index in [0.717, 1.165) is 54.3 Å². The number of rotatable bonds is 4. The Kier molecular flexibility index (Phi) is 7.20. The van der Waals surface area contributed by atoms with Crippen LogP contribution < -0.4 is 9.80 Å². The SMILES string of the molecule is O=C1/C(=C2/C(=O)c3ccccc3N2C(=O)OCC2c3ccccc3-c3ccccc32)N(C(=O)OCC2c3ccccc3-c3ccccc32)c2ccccc21. The van der Waals surface area contributed by atoms with Crippen LogP contribution in [0.3, 0.4) is 0 Å². The molecule has 2 amide bonds. The smallest absolute Gasteiger partial charge is 0.419 e. The first-order valence-corrected chi connectivity index (χ1v) is 17.8. The van der Waals surface area contributed by atoms with Gasteiger partial charge in [-0.3, -0.25) is 9.59 Å². The molecule has 2 aliphatic heterocycles. The van der Waals surface area contributed by atoms with Crippen molar-refractivity contribution >= 4 is 35.1 Å². The highest BCUT2D eigenvalue weighted by Crippen LogP contribution is 2.47. The second-order valence-corrected chi connectivity index (χ2v) is 13.7. The molecule has 0 saturated heterocycles. The predicted molar refractivity (Wildman–Crippen MR) is 204 cm³/mol. The zero-order valence-electron chi connectivity index (χ0n) is 28.8. The summed E-state index contributed by atoms with van der Waals surface area (Å²) in [4.78, 5) is 59.7. The fraction of sp³-hybridized carbons (Fsp3) is 0.0870. The highest BCUT2D eigenvalue weighted by Gasteiger charge is 2.48. The van der Waals surface area contributed by atoms with Gasteiger partial charge in [0.2, 0.25) is 11.6 Å². The molecule has 8 nitrogen and oxygen atoms in total. The zero-order valence-corrected chi connectivity index (χ0v) is 28.8. The van der Waals surface area contributed by atoms with E-state index >= 15 is 0 Å². The number of allylic oxidation sites excluding steroid dienone is 2. The van der Waals surface area contributed by atoms with Crippen LogP contribution in [0, 0.1) is 0 Å². The maximum Gasteiger partial charge on any atom is 0.419 e. The van der Waals surface area contributed by atoms with Gasteiger partial charge in [-0.25, -0.2) is 19.4 Å². The van der Waals surface area contributed by atoms with Crippen molar-refractivity contribution in [3.8, 4) is 22.3 Å². The zero-order chi connectivity index (χ0) is 36.5. The van der Waals surface area contributed by atoms with Crippen LogP contribution in [0.15, 0.2) is 157 Å². The van der Waals surface area contributed by atoms with E-state index in [0.29, 0.717) is 0 Å². The average Bonchev–Trinajstić information content (AvgIpc) is 3.91. The lowest BCUT2D eigenvalue weighted by atomic mass is 9.98. The normalized spacial score (nSPS) is 16.4. The molecule has 0 saturated carbocycles. The maximum atomic E-state index is 14.4. The Bertz CT molecular complexity index is 2370. The van der Waals surface area contributed by atoms with Crippen molar-refractivity contribution < 1.29 is 28.7 Å². The van der Waals surface area contributed by atoms with Gasteiger partial charge in [0, 0.05) is 23.0 Å². The van der Waals surface area contributed by atoms with Crippen LogP contribution in [0.2, 0.25) is 0 Å². The number of benzene rings is 6. The number of Topliss-reactive ketones (excluding diaryl/α,β-unsaturated/α-hetero) is 2. The van der Waals surface area contributed by atoms with Crippen LogP contribution in [0.4, 0.5) is 21.0 Å². The van der Waals surface area contributed by atoms with Crippen molar-refractivity contribution in [1.82, 2.24) is 0 Å². The van der Waals surface area contributed by atoms with Gasteiger partial charge in [-0.2, -0.15) is 0 Å². The van der Waals surface area contributed by atoms with Gasteiger partial charge < -0.3 is 9.47 Å². The minimum absolute atomic E-state index is 0.00735. The summed E-state index contributed by atoms with van der Waals surface area (Å²) in [6.07, 6.45) is -1.68. The monoisotopic (exact) mass is 706 g/mol. The largest absolute Gasteiger partial charge is 0.448 e. The summed E-state index contributed by atoms with van der Waals surface area (Å²) in [6.45, 7) is -0.0147. The Morgan fingerprint density at radius 1 is 0.407 bits per heavy atom. The van der Waals surface area contributed by atoms with Crippen LogP contribution in [0.1, 0.15) is 54.8 Å². The van der Waals surface area contributed by atoms with Gasteiger partial charge >= 0.3 is 12.2 Å². The number of hydrogen-bond donors (Lipinski definition) is 0. The number of nitrogens with zero attached hydrogens (tertiary/aromatic N) is 2. The van der Waals surface area contributed by atoms with Crippen LogP contribution in [0.5, 0.6) is 0 Å². The van der Waals surface area contributed by atoms with Crippen LogP contribution >= 0.6 is 0 Å². The molecule has 0 spiro atoms. The van der Waals surface area contributed by atoms with E-state index in [2.05, 4.69) is 24.3 Å². The number of ketones is 2. The van der Waals surface area contributed by atoms with Gasteiger partial charge in [0.1, 0.15) is 24.6 Å². The fourth-order valence-corrected chi connectivity index (χ4v) is 8.54. The van der Waals surface area contributed by atoms with E-state index in [9.17, 15) is 19.2 Å². The summed E-state index contributed by atoms with van der Waals surface area (Å²) in [5.41, 5.74) is 8.86. The van der Waals surface area contributed by atoms with Gasteiger partial charge in [-0.05, 0) is 68.8 Å². The Hall–Kier alpha value is -7.06. The summed E-state index contributed by atoms with van der Waals surface area (Å²) >= 11 is 0. The third-order valence-electron chi connectivity index (χ3n) is 10.9. The first kappa shape index (κ1) is 31.7. The van der Waals surface area contributed by atoms with Gasteiger partial charge in [0.05, 0.1) is 11.4 Å². The van der Waals surface area contributed by atoms with E-state index in [1.807, 2.05) is 72.8 Å². The molecule has 6 aromatic carbocycles. The van der Waals surface area contributed by atoms with Crippen molar-refractivity contribution in [2.45, 2.75) is 11.8 Å². The molecular weight excluding hydrogens is 677 g/mol. The number of amides is 2. The molecule has 10 rings (SSSR count). The molecule has 2 aliphatic carbocycles. The van der Waals surface area contributed by atoms with Crippen LogP contribution in [-0.4, -0.2) is 37.0 Å². The molecule has 8 heteroatoms. The fourth-order valence-electron chi connectivity index (χ4n) is 8.54. The lowest BCUT2D eigenvalue weighted by Crippen LogP contribution is -2.37.